The van der Waals surface area contributed by atoms with Crippen LogP contribution in [-0.2, 0) is 6.42 Å². The molecule has 30 heavy (non-hydrogen) atoms. The number of rotatable bonds is 3. The molecule has 6 rings (SSSR count). The third-order valence-electron chi connectivity index (χ3n) is 5.89. The van der Waals surface area contributed by atoms with E-state index in [1.165, 1.54) is 43.8 Å². The monoisotopic (exact) mass is 384 g/mol. The molecule has 1 heteroatoms. The van der Waals surface area contributed by atoms with Crippen LogP contribution in [-0.4, -0.2) is 0 Å². The Morgan fingerprint density at radius 2 is 1.23 bits per heavy atom. The lowest BCUT2D eigenvalue weighted by Crippen LogP contribution is -1.87. The minimum atomic E-state index is 0.859. The number of furan rings is 1. The number of fused-ring (bicyclic) bond motifs is 4. The molecule has 0 bridgehead atoms. The third kappa shape index (κ3) is 2.71. The van der Waals surface area contributed by atoms with E-state index in [0.717, 1.165) is 17.6 Å². The van der Waals surface area contributed by atoms with Crippen LogP contribution in [0.5, 0.6) is 0 Å². The minimum absolute atomic E-state index is 0.859. The van der Waals surface area contributed by atoms with Gasteiger partial charge in [0.05, 0.1) is 0 Å². The van der Waals surface area contributed by atoms with Crippen molar-refractivity contribution in [3.63, 3.8) is 0 Å². The lowest BCUT2D eigenvalue weighted by atomic mass is 9.95. The van der Waals surface area contributed by atoms with Crippen molar-refractivity contribution < 1.29 is 4.42 Å². The quantitative estimate of drug-likeness (QED) is 0.301. The SMILES string of the molecule is c1ccc(Cc2cccc3c2oc2c(-c4ccccc4)c4ccccc4cc23)cc1. The smallest absolute Gasteiger partial charge is 0.143 e. The van der Waals surface area contributed by atoms with E-state index in [1.807, 2.05) is 0 Å². The predicted molar refractivity (Wildman–Crippen MR) is 126 cm³/mol. The van der Waals surface area contributed by atoms with Crippen LogP contribution in [0.3, 0.4) is 0 Å². The normalized spacial score (nSPS) is 11.5. The van der Waals surface area contributed by atoms with Crippen LogP contribution in [0.15, 0.2) is 114 Å². The van der Waals surface area contributed by atoms with Crippen LogP contribution in [0.1, 0.15) is 11.1 Å². The zero-order valence-corrected chi connectivity index (χ0v) is 16.5. The van der Waals surface area contributed by atoms with Gasteiger partial charge in [-0.3, -0.25) is 0 Å². The van der Waals surface area contributed by atoms with Gasteiger partial charge in [0.1, 0.15) is 11.2 Å². The molecule has 0 atom stereocenters. The maximum Gasteiger partial charge on any atom is 0.143 e. The Hall–Kier alpha value is -3.84. The summed E-state index contributed by atoms with van der Waals surface area (Å²) >= 11 is 0. The maximum atomic E-state index is 6.65. The lowest BCUT2D eigenvalue weighted by molar-refractivity contribution is 0.665. The second-order valence-corrected chi connectivity index (χ2v) is 7.77. The van der Waals surface area contributed by atoms with Crippen molar-refractivity contribution in [3.05, 3.63) is 120 Å². The molecule has 0 aliphatic carbocycles. The molecule has 5 aromatic carbocycles. The highest BCUT2D eigenvalue weighted by atomic mass is 16.3. The molecule has 1 nitrogen and oxygen atoms in total. The van der Waals surface area contributed by atoms with E-state index in [9.17, 15) is 0 Å². The van der Waals surface area contributed by atoms with Crippen molar-refractivity contribution in [3.8, 4) is 11.1 Å². The average molecular weight is 384 g/mol. The van der Waals surface area contributed by atoms with Gasteiger partial charge in [0.2, 0.25) is 0 Å². The first-order valence-corrected chi connectivity index (χ1v) is 10.3. The van der Waals surface area contributed by atoms with Gasteiger partial charge >= 0.3 is 0 Å². The summed E-state index contributed by atoms with van der Waals surface area (Å²) in [6.45, 7) is 0. The minimum Gasteiger partial charge on any atom is -0.455 e. The molecule has 0 aliphatic rings. The van der Waals surface area contributed by atoms with Gasteiger partial charge in [-0.05, 0) is 33.5 Å². The fraction of sp³-hybridized carbons (Fsp3) is 0.0345. The number of benzene rings is 5. The number of hydrogen-bond acceptors (Lipinski definition) is 1. The second kappa shape index (κ2) is 6.89. The molecule has 142 valence electrons. The average Bonchev–Trinajstić information content (AvgIpc) is 3.18. The Bertz CT molecular complexity index is 1490. The van der Waals surface area contributed by atoms with Crippen LogP contribution in [0.2, 0.25) is 0 Å². The molecule has 1 aromatic heterocycles. The Balaban J connectivity index is 1.69. The van der Waals surface area contributed by atoms with E-state index in [0.29, 0.717) is 0 Å². The molecule has 0 N–H and O–H groups in total. The molecule has 1 heterocycles. The van der Waals surface area contributed by atoms with E-state index >= 15 is 0 Å². The standard InChI is InChI=1S/C29H20O/c1-3-10-20(11-4-1)18-23-15-9-17-25-26-19-22-14-7-8-16-24(22)27(29(26)30-28(23)25)21-12-5-2-6-13-21/h1-17,19H,18H2. The van der Waals surface area contributed by atoms with E-state index < -0.39 is 0 Å². The van der Waals surface area contributed by atoms with Crippen LogP contribution < -0.4 is 0 Å². The molecular weight excluding hydrogens is 364 g/mol. The van der Waals surface area contributed by atoms with E-state index in [-0.39, 0.29) is 0 Å². The summed E-state index contributed by atoms with van der Waals surface area (Å²) in [5, 5.41) is 4.82. The summed E-state index contributed by atoms with van der Waals surface area (Å²) in [7, 11) is 0. The van der Waals surface area contributed by atoms with Crippen molar-refractivity contribution in [2.45, 2.75) is 6.42 Å². The fourth-order valence-corrected chi connectivity index (χ4v) is 4.50. The first kappa shape index (κ1) is 17.1. The van der Waals surface area contributed by atoms with Crippen molar-refractivity contribution in [1.82, 2.24) is 0 Å². The number of para-hydroxylation sites is 1. The van der Waals surface area contributed by atoms with Crippen LogP contribution >= 0.6 is 0 Å². The topological polar surface area (TPSA) is 13.1 Å². The molecule has 0 radical (unpaired) electrons. The van der Waals surface area contributed by atoms with Crippen LogP contribution in [0.4, 0.5) is 0 Å². The fourth-order valence-electron chi connectivity index (χ4n) is 4.50. The zero-order chi connectivity index (χ0) is 19.9. The van der Waals surface area contributed by atoms with E-state index in [1.54, 1.807) is 0 Å². The summed E-state index contributed by atoms with van der Waals surface area (Å²) in [4.78, 5) is 0. The molecule has 0 aliphatic heterocycles. The Labute approximate surface area is 175 Å². The molecule has 0 fully saturated rings. The molecular formula is C29H20O. The molecule has 0 saturated carbocycles. The highest BCUT2D eigenvalue weighted by Gasteiger charge is 2.17. The summed E-state index contributed by atoms with van der Waals surface area (Å²) in [5.41, 5.74) is 6.82. The van der Waals surface area contributed by atoms with Crippen LogP contribution in [0, 0.1) is 0 Å². The van der Waals surface area contributed by atoms with Gasteiger partial charge < -0.3 is 4.42 Å². The van der Waals surface area contributed by atoms with Gasteiger partial charge in [-0.1, -0.05) is 103 Å². The zero-order valence-electron chi connectivity index (χ0n) is 16.5. The summed E-state index contributed by atoms with van der Waals surface area (Å²) in [6, 6.07) is 38.5. The van der Waals surface area contributed by atoms with Gasteiger partial charge in [-0.25, -0.2) is 0 Å². The van der Waals surface area contributed by atoms with Crippen molar-refractivity contribution in [2.75, 3.05) is 0 Å². The molecule has 6 aromatic rings. The second-order valence-electron chi connectivity index (χ2n) is 7.77. The van der Waals surface area contributed by atoms with Gasteiger partial charge in [0.15, 0.2) is 0 Å². The summed E-state index contributed by atoms with van der Waals surface area (Å²) in [6.07, 6.45) is 0.859. The number of hydrogen-bond donors (Lipinski definition) is 0. The van der Waals surface area contributed by atoms with E-state index in [4.69, 9.17) is 4.42 Å². The highest BCUT2D eigenvalue weighted by molar-refractivity contribution is 6.18. The third-order valence-corrected chi connectivity index (χ3v) is 5.89. The van der Waals surface area contributed by atoms with Gasteiger partial charge in [0, 0.05) is 22.8 Å². The lowest BCUT2D eigenvalue weighted by Gasteiger charge is -2.08. The first-order valence-electron chi connectivity index (χ1n) is 10.3. The first-order chi connectivity index (χ1) is 14.9. The maximum absolute atomic E-state index is 6.65. The van der Waals surface area contributed by atoms with Crippen LogP contribution in [0.25, 0.3) is 43.8 Å². The highest BCUT2D eigenvalue weighted by Crippen LogP contribution is 2.41. The van der Waals surface area contributed by atoms with Crippen molar-refractivity contribution >= 4 is 32.7 Å². The van der Waals surface area contributed by atoms with Crippen molar-refractivity contribution in [1.29, 1.82) is 0 Å². The van der Waals surface area contributed by atoms with Crippen molar-refractivity contribution in [2.24, 2.45) is 0 Å². The van der Waals surface area contributed by atoms with Gasteiger partial charge in [0.25, 0.3) is 0 Å². The van der Waals surface area contributed by atoms with Gasteiger partial charge in [-0.2, -0.15) is 0 Å². The summed E-state index contributed by atoms with van der Waals surface area (Å²) in [5.74, 6) is 0. The Morgan fingerprint density at radius 3 is 2.07 bits per heavy atom. The van der Waals surface area contributed by atoms with E-state index in [2.05, 4.69) is 109 Å². The Kier molecular flexibility index (Phi) is 3.92. The molecule has 0 unspecified atom stereocenters. The molecule has 0 saturated heterocycles. The predicted octanol–water partition coefficient (Wildman–Crippen LogP) is 8.00. The summed E-state index contributed by atoms with van der Waals surface area (Å²) < 4.78 is 6.65. The Morgan fingerprint density at radius 1 is 0.533 bits per heavy atom. The molecule has 0 amide bonds. The largest absolute Gasteiger partial charge is 0.455 e. The van der Waals surface area contributed by atoms with Gasteiger partial charge in [-0.15, -0.1) is 0 Å². The molecule has 0 spiro atoms.